The first-order chi connectivity index (χ1) is 13.1. The van der Waals surface area contributed by atoms with Crippen molar-refractivity contribution in [3.05, 3.63) is 45.8 Å². The van der Waals surface area contributed by atoms with Gasteiger partial charge in [0.1, 0.15) is 5.00 Å². The van der Waals surface area contributed by atoms with Crippen LogP contribution in [0.15, 0.2) is 24.3 Å². The number of para-hydroxylation sites is 1. The summed E-state index contributed by atoms with van der Waals surface area (Å²) >= 11 is 7.17. The van der Waals surface area contributed by atoms with Gasteiger partial charge in [0.25, 0.3) is 0 Å². The molecule has 27 heavy (non-hydrogen) atoms. The Morgan fingerprint density at radius 3 is 2.70 bits per heavy atom. The van der Waals surface area contributed by atoms with Gasteiger partial charge in [-0.25, -0.2) is 4.79 Å². The van der Waals surface area contributed by atoms with E-state index >= 15 is 0 Å². The molecule has 1 aliphatic carbocycles. The second kappa shape index (κ2) is 9.33. The molecule has 0 atom stereocenters. The maximum Gasteiger partial charge on any atom is 0.341 e. The summed E-state index contributed by atoms with van der Waals surface area (Å²) in [5.41, 5.74) is 4.02. The summed E-state index contributed by atoms with van der Waals surface area (Å²) in [5.74, 6) is -0.254. The smallest absolute Gasteiger partial charge is 0.341 e. The van der Waals surface area contributed by atoms with Crippen molar-refractivity contribution in [2.24, 2.45) is 0 Å². The highest BCUT2D eigenvalue weighted by atomic mass is 32.1. The van der Waals surface area contributed by atoms with Gasteiger partial charge in [-0.3, -0.25) is 0 Å². The van der Waals surface area contributed by atoms with Crippen molar-refractivity contribution >= 4 is 45.3 Å². The number of esters is 1. The molecule has 0 unspecified atom stereocenters. The molecule has 4 nitrogen and oxygen atoms in total. The number of thiophene rings is 1. The quantitative estimate of drug-likeness (QED) is 0.389. The van der Waals surface area contributed by atoms with Crippen LogP contribution in [0.2, 0.25) is 0 Å². The molecule has 3 rings (SSSR count). The van der Waals surface area contributed by atoms with E-state index in [-0.39, 0.29) is 5.97 Å². The fourth-order valence-corrected chi connectivity index (χ4v) is 5.02. The van der Waals surface area contributed by atoms with Crippen LogP contribution in [0.5, 0.6) is 0 Å². The molecule has 2 aromatic rings. The number of anilines is 2. The molecular formula is C21H26N2O2S2. The minimum Gasteiger partial charge on any atom is -0.462 e. The first-order valence-electron chi connectivity index (χ1n) is 9.61. The molecule has 0 amide bonds. The van der Waals surface area contributed by atoms with Gasteiger partial charge in [-0.2, -0.15) is 0 Å². The minimum absolute atomic E-state index is 0.254. The van der Waals surface area contributed by atoms with E-state index in [1.165, 1.54) is 23.3 Å². The lowest BCUT2D eigenvalue weighted by molar-refractivity contribution is 0.0527. The zero-order valence-corrected chi connectivity index (χ0v) is 17.5. The summed E-state index contributed by atoms with van der Waals surface area (Å²) in [4.78, 5) is 13.9. The summed E-state index contributed by atoms with van der Waals surface area (Å²) in [6.07, 6.45) is 6.37. The minimum atomic E-state index is -0.254. The maximum absolute atomic E-state index is 12.6. The molecule has 1 aromatic heterocycles. The third kappa shape index (κ3) is 4.68. The van der Waals surface area contributed by atoms with E-state index in [2.05, 4.69) is 23.6 Å². The monoisotopic (exact) mass is 402 g/mol. The topological polar surface area (TPSA) is 50.4 Å². The predicted octanol–water partition coefficient (Wildman–Crippen LogP) is 5.57. The number of ether oxygens (including phenoxy) is 1. The standard InChI is InChI=1S/C21H26N2O2S2/c1-3-14-10-8-9-12-16(14)22-21(26)23-19-18(20(24)25-4-2)15-11-6-5-7-13-17(15)27-19/h8-10,12H,3-7,11,13H2,1-2H3,(H2,22,23,26). The van der Waals surface area contributed by atoms with E-state index in [4.69, 9.17) is 17.0 Å². The molecule has 0 spiro atoms. The lowest BCUT2D eigenvalue weighted by atomic mass is 10.1. The highest BCUT2D eigenvalue weighted by molar-refractivity contribution is 7.80. The third-order valence-electron chi connectivity index (χ3n) is 4.77. The molecule has 1 aliphatic rings. The number of hydrogen-bond donors (Lipinski definition) is 2. The normalized spacial score (nSPS) is 13.4. The van der Waals surface area contributed by atoms with E-state index in [0.29, 0.717) is 17.3 Å². The van der Waals surface area contributed by atoms with E-state index in [9.17, 15) is 4.79 Å². The van der Waals surface area contributed by atoms with Crippen LogP contribution in [0.25, 0.3) is 0 Å². The molecule has 0 saturated carbocycles. The average Bonchev–Trinajstić information content (AvgIpc) is 2.83. The van der Waals surface area contributed by atoms with E-state index in [1.807, 2.05) is 25.1 Å². The molecule has 0 saturated heterocycles. The Kier molecular flexibility index (Phi) is 6.85. The van der Waals surface area contributed by atoms with Crippen molar-refractivity contribution in [1.82, 2.24) is 0 Å². The number of aryl methyl sites for hydroxylation is 2. The molecule has 144 valence electrons. The van der Waals surface area contributed by atoms with Gasteiger partial charge < -0.3 is 15.4 Å². The van der Waals surface area contributed by atoms with Gasteiger partial charge in [-0.1, -0.05) is 31.5 Å². The largest absolute Gasteiger partial charge is 0.462 e. The summed E-state index contributed by atoms with van der Waals surface area (Å²) in [6, 6.07) is 8.11. The van der Waals surface area contributed by atoms with Gasteiger partial charge in [0, 0.05) is 10.6 Å². The Labute approximate surface area is 170 Å². The number of nitrogens with one attached hydrogen (secondary N) is 2. The van der Waals surface area contributed by atoms with Gasteiger partial charge in [-0.15, -0.1) is 11.3 Å². The molecule has 1 heterocycles. The van der Waals surface area contributed by atoms with Crippen molar-refractivity contribution < 1.29 is 9.53 Å². The summed E-state index contributed by atoms with van der Waals surface area (Å²) in [7, 11) is 0. The number of fused-ring (bicyclic) bond motifs is 1. The fraction of sp³-hybridized carbons (Fsp3) is 0.429. The van der Waals surface area contributed by atoms with Crippen molar-refractivity contribution in [3.8, 4) is 0 Å². The van der Waals surface area contributed by atoms with Crippen LogP contribution in [0, 0.1) is 0 Å². The number of thiocarbonyl (C=S) groups is 1. The van der Waals surface area contributed by atoms with Crippen LogP contribution in [0.1, 0.15) is 59.5 Å². The number of rotatable bonds is 5. The third-order valence-corrected chi connectivity index (χ3v) is 6.19. The lowest BCUT2D eigenvalue weighted by Gasteiger charge is -2.14. The zero-order chi connectivity index (χ0) is 19.2. The average molecular weight is 403 g/mol. The first-order valence-corrected chi connectivity index (χ1v) is 10.8. The maximum atomic E-state index is 12.6. The second-order valence-electron chi connectivity index (χ2n) is 6.58. The van der Waals surface area contributed by atoms with E-state index < -0.39 is 0 Å². The number of benzene rings is 1. The van der Waals surface area contributed by atoms with Crippen molar-refractivity contribution in [3.63, 3.8) is 0 Å². The molecule has 1 aromatic carbocycles. The molecule has 0 radical (unpaired) electrons. The van der Waals surface area contributed by atoms with Gasteiger partial charge in [0.2, 0.25) is 0 Å². The molecule has 0 fully saturated rings. The van der Waals surface area contributed by atoms with Crippen LogP contribution in [0.3, 0.4) is 0 Å². The van der Waals surface area contributed by atoms with Crippen molar-refractivity contribution in [2.45, 2.75) is 52.4 Å². The Morgan fingerprint density at radius 1 is 1.15 bits per heavy atom. The summed E-state index contributed by atoms with van der Waals surface area (Å²) in [6.45, 7) is 4.32. The second-order valence-corrected chi connectivity index (χ2v) is 8.09. The van der Waals surface area contributed by atoms with E-state index in [1.54, 1.807) is 11.3 Å². The molecular weight excluding hydrogens is 376 g/mol. The Morgan fingerprint density at radius 2 is 1.93 bits per heavy atom. The van der Waals surface area contributed by atoms with Crippen molar-refractivity contribution in [2.75, 3.05) is 17.2 Å². The summed E-state index contributed by atoms with van der Waals surface area (Å²) in [5, 5.41) is 7.84. The van der Waals surface area contributed by atoms with Crippen LogP contribution in [0.4, 0.5) is 10.7 Å². The Hall–Kier alpha value is -1.92. The molecule has 0 bridgehead atoms. The number of carbonyl (C=O) groups excluding carboxylic acids is 1. The number of carbonyl (C=O) groups is 1. The van der Waals surface area contributed by atoms with Crippen molar-refractivity contribution in [1.29, 1.82) is 0 Å². The highest BCUT2D eigenvalue weighted by Gasteiger charge is 2.26. The van der Waals surface area contributed by atoms with Gasteiger partial charge in [0.15, 0.2) is 5.11 Å². The summed E-state index contributed by atoms with van der Waals surface area (Å²) < 4.78 is 5.33. The van der Waals surface area contributed by atoms with Crippen LogP contribution >= 0.6 is 23.6 Å². The van der Waals surface area contributed by atoms with Crippen LogP contribution in [-0.2, 0) is 24.0 Å². The Balaban J connectivity index is 1.85. The highest BCUT2D eigenvalue weighted by Crippen LogP contribution is 2.38. The first kappa shape index (κ1) is 19.8. The van der Waals surface area contributed by atoms with Gasteiger partial charge in [-0.05, 0) is 68.4 Å². The Bertz CT molecular complexity index is 830. The molecule has 6 heteroatoms. The van der Waals surface area contributed by atoms with Gasteiger partial charge >= 0.3 is 5.97 Å². The van der Waals surface area contributed by atoms with Gasteiger partial charge in [0.05, 0.1) is 12.2 Å². The SMILES string of the molecule is CCOC(=O)c1c(NC(=S)Nc2ccccc2CC)sc2c1CCCCC2. The van der Waals surface area contributed by atoms with Crippen LogP contribution < -0.4 is 10.6 Å². The molecule has 2 N–H and O–H groups in total. The van der Waals surface area contributed by atoms with E-state index in [0.717, 1.165) is 41.9 Å². The lowest BCUT2D eigenvalue weighted by Crippen LogP contribution is -2.21. The zero-order valence-electron chi connectivity index (χ0n) is 15.9. The molecule has 0 aliphatic heterocycles. The predicted molar refractivity (Wildman–Crippen MR) is 117 cm³/mol. The van der Waals surface area contributed by atoms with Crippen LogP contribution in [-0.4, -0.2) is 17.7 Å². The fourth-order valence-electron chi connectivity index (χ4n) is 3.46. The number of hydrogen-bond acceptors (Lipinski definition) is 4.